The topological polar surface area (TPSA) is 18.1 Å². The van der Waals surface area contributed by atoms with Crippen molar-refractivity contribution in [2.45, 2.75) is 0 Å². The van der Waals surface area contributed by atoms with Crippen LogP contribution in [0.5, 0.6) is 0 Å². The van der Waals surface area contributed by atoms with Gasteiger partial charge in [0.1, 0.15) is 11.2 Å². The van der Waals surface area contributed by atoms with Crippen LogP contribution < -0.4 is 0 Å². The van der Waals surface area contributed by atoms with Crippen molar-refractivity contribution in [2.75, 3.05) is 0 Å². The lowest BCUT2D eigenvalue weighted by Crippen LogP contribution is -1.94. The second-order valence-electron chi connectivity index (χ2n) is 12.1. The number of nitrogens with zero attached hydrogens (tertiary/aromatic N) is 1. The predicted octanol–water partition coefficient (Wildman–Crippen LogP) is 12.3. The minimum atomic E-state index is 0.911. The first kappa shape index (κ1) is 25.2. The van der Waals surface area contributed by atoms with Crippen LogP contribution in [-0.4, -0.2) is 4.57 Å². The normalized spacial score (nSPS) is 11.9. The van der Waals surface area contributed by atoms with Gasteiger partial charge in [-0.15, -0.1) is 0 Å². The molecule has 0 aliphatic carbocycles. The van der Waals surface area contributed by atoms with Gasteiger partial charge in [-0.3, -0.25) is 0 Å². The van der Waals surface area contributed by atoms with E-state index in [1.807, 2.05) is 0 Å². The van der Waals surface area contributed by atoms with E-state index in [2.05, 4.69) is 168 Å². The summed E-state index contributed by atoms with van der Waals surface area (Å²) >= 11 is 0. The number of rotatable bonds is 3. The van der Waals surface area contributed by atoms with Crippen molar-refractivity contribution in [3.8, 4) is 27.9 Å². The quantitative estimate of drug-likeness (QED) is 0.202. The molecule has 0 saturated carbocycles. The van der Waals surface area contributed by atoms with Crippen molar-refractivity contribution in [1.82, 2.24) is 4.57 Å². The maximum Gasteiger partial charge on any atom is 0.136 e. The molecule has 0 aliphatic rings. The standard InChI is InChI=1S/C44H27NO/c1-3-10-28(11-4-1)31-15-9-16-34(25-31)45-39-22-19-33-24-32(29-12-5-2-6-13-29)18-21-36(33)43(39)37-27-42-38(26-40(37)45)44-35-17-8-7-14-30(35)20-23-41(44)46-42/h1-27H. The highest BCUT2D eigenvalue weighted by atomic mass is 16.3. The van der Waals surface area contributed by atoms with Crippen LogP contribution in [-0.2, 0) is 0 Å². The summed E-state index contributed by atoms with van der Waals surface area (Å²) in [6, 6.07) is 59.0. The van der Waals surface area contributed by atoms with E-state index in [4.69, 9.17) is 4.42 Å². The average molecular weight is 586 g/mol. The molecule has 0 radical (unpaired) electrons. The van der Waals surface area contributed by atoms with Crippen molar-refractivity contribution >= 4 is 65.3 Å². The van der Waals surface area contributed by atoms with Gasteiger partial charge in [-0.2, -0.15) is 0 Å². The summed E-state index contributed by atoms with van der Waals surface area (Å²) < 4.78 is 9.02. The summed E-state index contributed by atoms with van der Waals surface area (Å²) in [5.41, 5.74) is 10.2. The van der Waals surface area contributed by atoms with Crippen LogP contribution in [0.15, 0.2) is 168 Å². The Morgan fingerprint density at radius 2 is 1.04 bits per heavy atom. The fraction of sp³-hybridized carbons (Fsp3) is 0. The first-order valence-corrected chi connectivity index (χ1v) is 15.8. The zero-order chi connectivity index (χ0) is 30.2. The third-order valence-corrected chi connectivity index (χ3v) is 9.55. The molecule has 10 aromatic rings. The van der Waals surface area contributed by atoms with Crippen LogP contribution in [0.25, 0.3) is 93.2 Å². The maximum absolute atomic E-state index is 6.59. The van der Waals surface area contributed by atoms with E-state index in [9.17, 15) is 0 Å². The number of aromatic nitrogens is 1. The fourth-order valence-corrected chi connectivity index (χ4v) is 7.43. The molecule has 0 saturated heterocycles. The highest BCUT2D eigenvalue weighted by Crippen LogP contribution is 2.43. The van der Waals surface area contributed by atoms with Gasteiger partial charge >= 0.3 is 0 Å². The third-order valence-electron chi connectivity index (χ3n) is 9.55. The number of fused-ring (bicyclic) bond motifs is 10. The van der Waals surface area contributed by atoms with Crippen molar-refractivity contribution in [2.24, 2.45) is 0 Å². The number of hydrogen-bond acceptors (Lipinski definition) is 1. The first-order chi connectivity index (χ1) is 22.8. The van der Waals surface area contributed by atoms with Crippen LogP contribution in [0.3, 0.4) is 0 Å². The molecular formula is C44H27NO. The molecule has 2 nitrogen and oxygen atoms in total. The molecule has 2 heteroatoms. The molecule has 0 unspecified atom stereocenters. The molecule has 214 valence electrons. The van der Waals surface area contributed by atoms with E-state index >= 15 is 0 Å². The second kappa shape index (κ2) is 9.69. The van der Waals surface area contributed by atoms with Gasteiger partial charge < -0.3 is 8.98 Å². The molecule has 46 heavy (non-hydrogen) atoms. The van der Waals surface area contributed by atoms with E-state index in [1.54, 1.807) is 0 Å². The third kappa shape index (κ3) is 3.71. The summed E-state index contributed by atoms with van der Waals surface area (Å²) in [6.45, 7) is 0. The lowest BCUT2D eigenvalue weighted by Gasteiger charge is -2.11. The summed E-state index contributed by atoms with van der Waals surface area (Å²) in [6.07, 6.45) is 0. The fourth-order valence-electron chi connectivity index (χ4n) is 7.43. The molecule has 0 aliphatic heterocycles. The Bertz CT molecular complexity index is 2790. The van der Waals surface area contributed by atoms with Crippen LogP contribution >= 0.6 is 0 Å². The van der Waals surface area contributed by atoms with Crippen LogP contribution in [0, 0.1) is 0 Å². The predicted molar refractivity (Wildman–Crippen MR) is 194 cm³/mol. The Morgan fingerprint density at radius 1 is 0.348 bits per heavy atom. The van der Waals surface area contributed by atoms with E-state index in [0.717, 1.165) is 22.2 Å². The van der Waals surface area contributed by atoms with Crippen LogP contribution in [0.4, 0.5) is 0 Å². The molecule has 0 atom stereocenters. The second-order valence-corrected chi connectivity index (χ2v) is 12.1. The molecule has 0 spiro atoms. The van der Waals surface area contributed by atoms with Gasteiger partial charge in [0.2, 0.25) is 0 Å². The van der Waals surface area contributed by atoms with Gasteiger partial charge in [0, 0.05) is 27.2 Å². The van der Waals surface area contributed by atoms with E-state index in [-0.39, 0.29) is 0 Å². The van der Waals surface area contributed by atoms with Gasteiger partial charge in [-0.05, 0) is 86.3 Å². The summed E-state index contributed by atoms with van der Waals surface area (Å²) in [4.78, 5) is 0. The first-order valence-electron chi connectivity index (χ1n) is 15.8. The lowest BCUT2D eigenvalue weighted by molar-refractivity contribution is 0.670. The van der Waals surface area contributed by atoms with E-state index < -0.39 is 0 Å². The van der Waals surface area contributed by atoms with Crippen molar-refractivity contribution < 1.29 is 4.42 Å². The SMILES string of the molecule is c1ccc(-c2cccc(-n3c4cc5c(cc4c4c6ccc(-c7ccccc7)cc6ccc43)oc3ccc4ccccc4c35)c2)cc1. The monoisotopic (exact) mass is 585 g/mol. The average Bonchev–Trinajstić information content (AvgIpc) is 3.66. The molecule has 0 bridgehead atoms. The van der Waals surface area contributed by atoms with Gasteiger partial charge in [0.25, 0.3) is 0 Å². The smallest absolute Gasteiger partial charge is 0.136 e. The molecular weight excluding hydrogens is 558 g/mol. The lowest BCUT2D eigenvalue weighted by atomic mass is 9.98. The highest BCUT2D eigenvalue weighted by Gasteiger charge is 2.19. The Morgan fingerprint density at radius 3 is 1.87 bits per heavy atom. The van der Waals surface area contributed by atoms with E-state index in [1.165, 1.54) is 71.0 Å². The molecule has 10 rings (SSSR count). The van der Waals surface area contributed by atoms with E-state index in [0.29, 0.717) is 0 Å². The van der Waals surface area contributed by atoms with Crippen molar-refractivity contribution in [3.63, 3.8) is 0 Å². The molecule has 2 aromatic heterocycles. The highest BCUT2D eigenvalue weighted by molar-refractivity contribution is 6.26. The largest absolute Gasteiger partial charge is 0.456 e. The Kier molecular flexibility index (Phi) is 5.31. The summed E-state index contributed by atoms with van der Waals surface area (Å²) in [5.74, 6) is 0. The number of benzene rings is 8. The minimum absolute atomic E-state index is 0.911. The Balaban J connectivity index is 1.33. The van der Waals surface area contributed by atoms with Crippen LogP contribution in [0.1, 0.15) is 0 Å². The van der Waals surface area contributed by atoms with Gasteiger partial charge in [0.15, 0.2) is 0 Å². The summed E-state index contributed by atoms with van der Waals surface area (Å²) in [7, 11) is 0. The van der Waals surface area contributed by atoms with Gasteiger partial charge in [0.05, 0.1) is 11.0 Å². The van der Waals surface area contributed by atoms with Crippen LogP contribution in [0.2, 0.25) is 0 Å². The molecule has 8 aromatic carbocycles. The molecule has 0 fully saturated rings. The summed E-state index contributed by atoms with van der Waals surface area (Å²) in [5, 5.41) is 9.63. The Labute approximate surface area is 265 Å². The Hall–Kier alpha value is -6.12. The van der Waals surface area contributed by atoms with Crippen molar-refractivity contribution in [1.29, 1.82) is 0 Å². The van der Waals surface area contributed by atoms with Crippen molar-refractivity contribution in [3.05, 3.63) is 164 Å². The maximum atomic E-state index is 6.59. The molecule has 0 N–H and O–H groups in total. The zero-order valence-electron chi connectivity index (χ0n) is 24.9. The number of hydrogen-bond donors (Lipinski definition) is 0. The minimum Gasteiger partial charge on any atom is -0.456 e. The number of furan rings is 1. The van der Waals surface area contributed by atoms with Gasteiger partial charge in [-0.25, -0.2) is 0 Å². The molecule has 0 amide bonds. The zero-order valence-corrected chi connectivity index (χ0v) is 24.9. The molecule has 2 heterocycles. The van der Waals surface area contributed by atoms with Gasteiger partial charge in [-0.1, -0.05) is 121 Å².